The second kappa shape index (κ2) is 9.09. The summed E-state index contributed by atoms with van der Waals surface area (Å²) in [5.41, 5.74) is 4.33. The van der Waals surface area contributed by atoms with E-state index in [-0.39, 0.29) is 10.6 Å². The number of aromatic nitrogens is 2. The maximum absolute atomic E-state index is 12.2. The molecule has 162 valence electrons. The third-order valence-electron chi connectivity index (χ3n) is 5.91. The monoisotopic (exact) mass is 433 g/mol. The van der Waals surface area contributed by atoms with Crippen LogP contribution in [0.5, 0.6) is 0 Å². The molecule has 0 spiro atoms. The summed E-state index contributed by atoms with van der Waals surface area (Å²) in [4.78, 5) is 16.3. The Labute approximate surface area is 191 Å². The second-order valence-electron chi connectivity index (χ2n) is 8.01. The number of pyridine rings is 1. The van der Waals surface area contributed by atoms with Crippen molar-refractivity contribution in [2.75, 3.05) is 0 Å². The van der Waals surface area contributed by atoms with E-state index in [9.17, 15) is 10.1 Å². The van der Waals surface area contributed by atoms with E-state index in [4.69, 9.17) is 0 Å². The number of aryl methyl sites for hydroxylation is 2. The fourth-order valence-corrected chi connectivity index (χ4v) is 4.42. The quantitative estimate of drug-likeness (QED) is 0.215. The Morgan fingerprint density at radius 2 is 1.58 bits per heavy atom. The minimum Gasteiger partial charge on any atom is -0.338 e. The maximum Gasteiger partial charge on any atom is 0.297 e. The van der Waals surface area contributed by atoms with Crippen LogP contribution in [0, 0.1) is 10.1 Å². The average Bonchev–Trinajstić information content (AvgIpc) is 3.18. The molecule has 0 N–H and O–H groups in total. The number of rotatable bonds is 7. The molecule has 5 rings (SSSR count). The van der Waals surface area contributed by atoms with Crippen molar-refractivity contribution < 1.29 is 4.92 Å². The normalized spacial score (nSPS) is 11.8. The molecule has 0 atom stereocenters. The zero-order valence-corrected chi connectivity index (χ0v) is 18.1. The predicted molar refractivity (Wildman–Crippen MR) is 133 cm³/mol. The molecule has 0 radical (unpaired) electrons. The standard InChI is InChI=1S/C28H23N3O2/c32-31(33)26(20-22-12-5-2-6-13-22)27-28-24(17-18-29-27)23-15-7-8-16-25(23)30(28)19-9-14-21-10-3-1-4-11-21/h1-8,10-13,15-18,20H,9,14,19H2. The molecule has 0 saturated heterocycles. The van der Waals surface area contributed by atoms with E-state index >= 15 is 0 Å². The average molecular weight is 434 g/mol. The SMILES string of the molecule is O=[N+]([O-])C(=Cc1ccccc1)c1nccc2c3ccccc3n(CCCc3ccccc3)c12. The highest BCUT2D eigenvalue weighted by Gasteiger charge is 2.23. The van der Waals surface area contributed by atoms with Crippen LogP contribution in [0.15, 0.2) is 97.2 Å². The Hall–Kier alpha value is -4.25. The zero-order valence-electron chi connectivity index (χ0n) is 18.1. The first kappa shape index (κ1) is 20.6. The van der Waals surface area contributed by atoms with Gasteiger partial charge in [0.05, 0.1) is 10.4 Å². The molecule has 0 bridgehead atoms. The smallest absolute Gasteiger partial charge is 0.297 e. The van der Waals surface area contributed by atoms with Crippen molar-refractivity contribution in [3.05, 3.63) is 124 Å². The van der Waals surface area contributed by atoms with Crippen LogP contribution >= 0.6 is 0 Å². The lowest BCUT2D eigenvalue weighted by Crippen LogP contribution is -2.06. The number of hydrogen-bond donors (Lipinski definition) is 0. The zero-order chi connectivity index (χ0) is 22.6. The first-order valence-electron chi connectivity index (χ1n) is 11.0. The number of benzene rings is 3. The first-order valence-corrected chi connectivity index (χ1v) is 11.0. The van der Waals surface area contributed by atoms with Crippen LogP contribution in [0.4, 0.5) is 0 Å². The van der Waals surface area contributed by atoms with E-state index in [0.717, 1.165) is 46.8 Å². The fraction of sp³-hybridized carbons (Fsp3) is 0.107. The topological polar surface area (TPSA) is 61.0 Å². The van der Waals surface area contributed by atoms with Gasteiger partial charge in [-0.15, -0.1) is 0 Å². The van der Waals surface area contributed by atoms with E-state index < -0.39 is 0 Å². The summed E-state index contributed by atoms with van der Waals surface area (Å²) in [5, 5.41) is 14.2. The predicted octanol–water partition coefficient (Wildman–Crippen LogP) is 6.60. The Morgan fingerprint density at radius 3 is 2.33 bits per heavy atom. The third-order valence-corrected chi connectivity index (χ3v) is 5.91. The molecule has 0 saturated carbocycles. The van der Waals surface area contributed by atoms with E-state index in [2.05, 4.69) is 45.9 Å². The summed E-state index contributed by atoms with van der Waals surface area (Å²) in [7, 11) is 0. The van der Waals surface area contributed by atoms with E-state index in [0.29, 0.717) is 5.69 Å². The van der Waals surface area contributed by atoms with Crippen molar-refractivity contribution in [1.29, 1.82) is 0 Å². The Morgan fingerprint density at radius 1 is 0.879 bits per heavy atom. The van der Waals surface area contributed by atoms with Crippen molar-refractivity contribution in [3.8, 4) is 0 Å². The lowest BCUT2D eigenvalue weighted by atomic mass is 10.1. The summed E-state index contributed by atoms with van der Waals surface area (Å²) in [6, 6.07) is 29.9. The molecular formula is C28H23N3O2. The second-order valence-corrected chi connectivity index (χ2v) is 8.01. The molecular weight excluding hydrogens is 410 g/mol. The summed E-state index contributed by atoms with van der Waals surface area (Å²) >= 11 is 0. The minimum atomic E-state index is -0.333. The van der Waals surface area contributed by atoms with Crippen LogP contribution < -0.4 is 0 Å². The fourth-order valence-electron chi connectivity index (χ4n) is 4.42. The molecule has 0 aliphatic rings. The first-order chi connectivity index (χ1) is 16.2. The van der Waals surface area contributed by atoms with Crippen LogP contribution in [0.2, 0.25) is 0 Å². The van der Waals surface area contributed by atoms with Gasteiger partial charge in [-0.25, -0.2) is 4.98 Å². The van der Waals surface area contributed by atoms with Gasteiger partial charge in [0.2, 0.25) is 0 Å². The van der Waals surface area contributed by atoms with Gasteiger partial charge < -0.3 is 4.57 Å². The Balaban J connectivity index is 1.65. The highest BCUT2D eigenvalue weighted by Crippen LogP contribution is 2.34. The lowest BCUT2D eigenvalue weighted by Gasteiger charge is -2.10. The lowest BCUT2D eigenvalue weighted by molar-refractivity contribution is -0.374. The minimum absolute atomic E-state index is 0.00100. The van der Waals surface area contributed by atoms with Gasteiger partial charge in [-0.2, -0.15) is 0 Å². The molecule has 0 fully saturated rings. The molecule has 2 heterocycles. The number of hydrogen-bond acceptors (Lipinski definition) is 3. The van der Waals surface area contributed by atoms with Crippen molar-refractivity contribution in [2.24, 2.45) is 0 Å². The summed E-state index contributed by atoms with van der Waals surface area (Å²) in [5.74, 6) is 0. The molecule has 2 aromatic heterocycles. The van der Waals surface area contributed by atoms with E-state index in [1.54, 1.807) is 12.3 Å². The van der Waals surface area contributed by atoms with Gasteiger partial charge in [0.25, 0.3) is 5.70 Å². The highest BCUT2D eigenvalue weighted by molar-refractivity contribution is 6.10. The molecule has 0 aliphatic carbocycles. The van der Waals surface area contributed by atoms with Crippen molar-refractivity contribution >= 4 is 33.6 Å². The molecule has 0 aliphatic heterocycles. The molecule has 5 nitrogen and oxygen atoms in total. The molecule has 0 unspecified atom stereocenters. The van der Waals surface area contributed by atoms with Crippen molar-refractivity contribution in [2.45, 2.75) is 19.4 Å². The Kier molecular flexibility index (Phi) is 5.68. The van der Waals surface area contributed by atoms with Crippen LogP contribution in [-0.2, 0) is 13.0 Å². The summed E-state index contributed by atoms with van der Waals surface area (Å²) in [6.07, 6.45) is 5.13. The number of nitro groups is 1. The third kappa shape index (κ3) is 4.13. The van der Waals surface area contributed by atoms with Gasteiger partial charge in [-0.1, -0.05) is 78.9 Å². The van der Waals surface area contributed by atoms with Gasteiger partial charge in [0.1, 0.15) is 0 Å². The van der Waals surface area contributed by atoms with Crippen LogP contribution in [-0.4, -0.2) is 14.5 Å². The molecule has 5 aromatic rings. The van der Waals surface area contributed by atoms with Gasteiger partial charge >= 0.3 is 0 Å². The highest BCUT2D eigenvalue weighted by atomic mass is 16.6. The molecule has 0 amide bonds. The van der Waals surface area contributed by atoms with Crippen LogP contribution in [0.1, 0.15) is 23.2 Å². The van der Waals surface area contributed by atoms with Crippen molar-refractivity contribution in [3.63, 3.8) is 0 Å². The molecule has 33 heavy (non-hydrogen) atoms. The van der Waals surface area contributed by atoms with Gasteiger partial charge in [0.15, 0.2) is 5.69 Å². The van der Waals surface area contributed by atoms with Gasteiger partial charge in [-0.3, -0.25) is 10.1 Å². The van der Waals surface area contributed by atoms with Gasteiger partial charge in [0, 0.05) is 35.1 Å². The Bertz CT molecular complexity index is 1450. The summed E-state index contributed by atoms with van der Waals surface area (Å²) in [6.45, 7) is 0.744. The van der Waals surface area contributed by atoms with Crippen LogP contribution in [0.3, 0.4) is 0 Å². The largest absolute Gasteiger partial charge is 0.338 e. The van der Waals surface area contributed by atoms with E-state index in [1.807, 2.05) is 54.6 Å². The number of para-hydroxylation sites is 1. The summed E-state index contributed by atoms with van der Waals surface area (Å²) < 4.78 is 2.19. The molecule has 3 aromatic carbocycles. The number of fused-ring (bicyclic) bond motifs is 3. The maximum atomic E-state index is 12.2. The van der Waals surface area contributed by atoms with E-state index in [1.165, 1.54) is 5.56 Å². The molecule has 5 heteroatoms. The van der Waals surface area contributed by atoms with Crippen LogP contribution in [0.25, 0.3) is 33.6 Å². The number of nitrogens with zero attached hydrogens (tertiary/aromatic N) is 3. The van der Waals surface area contributed by atoms with Gasteiger partial charge in [-0.05, 0) is 36.1 Å². The van der Waals surface area contributed by atoms with Crippen molar-refractivity contribution in [1.82, 2.24) is 9.55 Å².